The minimum atomic E-state index is -0.650. The molecule has 0 aliphatic carbocycles. The third-order valence-electron chi connectivity index (χ3n) is 12.7. The highest BCUT2D eigenvalue weighted by Gasteiger charge is 2.18. The quantitative estimate of drug-likeness (QED) is 0.0271. The molecule has 0 unspecified atom stereocenters. The molecule has 0 spiro atoms. The number of anilines is 1. The normalized spacial score (nSPS) is 12.3. The summed E-state index contributed by atoms with van der Waals surface area (Å²) in [7, 11) is 2.11. The Bertz CT molecular complexity index is 2840. The van der Waals surface area contributed by atoms with Gasteiger partial charge in [0.25, 0.3) is 0 Å². The van der Waals surface area contributed by atoms with E-state index < -0.39 is 35.8 Å². The van der Waals surface area contributed by atoms with Crippen molar-refractivity contribution < 1.29 is 61.9 Å². The van der Waals surface area contributed by atoms with Crippen molar-refractivity contribution in [2.24, 2.45) is 0 Å². The van der Waals surface area contributed by atoms with E-state index in [4.69, 9.17) is 33.2 Å². The van der Waals surface area contributed by atoms with E-state index in [1.807, 2.05) is 24.3 Å². The highest BCUT2D eigenvalue weighted by atomic mass is 16.6. The number of ether oxygens (including phenoxy) is 7. The lowest BCUT2D eigenvalue weighted by Gasteiger charge is -2.34. The summed E-state index contributed by atoms with van der Waals surface area (Å²) in [6, 6.07) is 39.7. The number of hydrogen-bond acceptors (Lipinski definition) is 15. The Hall–Kier alpha value is -8.30. The largest absolute Gasteiger partial charge is 0.494 e. The molecule has 1 fully saturated rings. The van der Waals surface area contributed by atoms with Crippen molar-refractivity contribution in [2.45, 2.75) is 84.0 Å². The standard InChI is InChI=1S/C62H66N2O13/c1-3-4-5-6-9-12-45-13-15-46(16-14-45)59(67)76-55-33-35-56(36-34-55)77-60(68)47-17-25-51(26-18-47)71-43-10-7-8-11-44-72-57(65)37-38-58(66)73-52-27-19-48(20-28-52)61(69)74-53-29-21-49(22-30-53)62(70)75-54-31-23-50(24-32-54)64-41-39-63(2)40-42-64/h13-36H,3-12,37-44H2,1-2H3. The maximum absolute atomic E-state index is 12.8. The summed E-state index contributed by atoms with van der Waals surface area (Å²) in [6.45, 7) is 6.74. The van der Waals surface area contributed by atoms with E-state index in [1.165, 1.54) is 79.8 Å². The lowest BCUT2D eigenvalue weighted by molar-refractivity contribution is -0.147. The minimum absolute atomic E-state index is 0.143. The van der Waals surface area contributed by atoms with Crippen LogP contribution >= 0.6 is 0 Å². The highest BCUT2D eigenvalue weighted by Crippen LogP contribution is 2.25. The zero-order chi connectivity index (χ0) is 54.2. The summed E-state index contributed by atoms with van der Waals surface area (Å²) in [5, 5.41) is 0. The van der Waals surface area contributed by atoms with Crippen LogP contribution in [0.5, 0.6) is 34.5 Å². The van der Waals surface area contributed by atoms with Crippen LogP contribution in [-0.4, -0.2) is 87.2 Å². The summed E-state index contributed by atoms with van der Waals surface area (Å²) >= 11 is 0. The lowest BCUT2D eigenvalue weighted by atomic mass is 10.0. The third-order valence-corrected chi connectivity index (χ3v) is 12.7. The maximum Gasteiger partial charge on any atom is 0.343 e. The van der Waals surface area contributed by atoms with Crippen LogP contribution in [0, 0.1) is 0 Å². The molecule has 0 atom stereocenters. The first kappa shape index (κ1) is 56.4. The number of piperazine rings is 1. The molecule has 0 amide bonds. The Balaban J connectivity index is 0.696. The number of rotatable bonds is 27. The van der Waals surface area contributed by atoms with Crippen molar-refractivity contribution in [1.82, 2.24) is 4.90 Å². The number of carbonyl (C=O) groups is 6. The molecule has 15 heteroatoms. The molecule has 6 aromatic rings. The number of hydrogen-bond donors (Lipinski definition) is 0. The zero-order valence-corrected chi connectivity index (χ0v) is 43.8. The van der Waals surface area contributed by atoms with E-state index in [-0.39, 0.29) is 42.1 Å². The molecular formula is C62H66N2O13. The molecule has 77 heavy (non-hydrogen) atoms. The molecule has 15 nitrogen and oxygen atoms in total. The predicted octanol–water partition coefficient (Wildman–Crippen LogP) is 11.7. The number of likely N-dealkylation sites (N-methyl/N-ethyl adjacent to an activating group) is 1. The van der Waals surface area contributed by atoms with Gasteiger partial charge in [0, 0.05) is 31.9 Å². The first-order valence-corrected chi connectivity index (χ1v) is 26.4. The predicted molar refractivity (Wildman–Crippen MR) is 290 cm³/mol. The van der Waals surface area contributed by atoms with Crippen molar-refractivity contribution in [3.8, 4) is 34.5 Å². The van der Waals surface area contributed by atoms with Crippen LogP contribution in [0.15, 0.2) is 146 Å². The fraction of sp³-hybridized carbons (Fsp3) is 0.323. The fourth-order valence-corrected chi connectivity index (χ4v) is 8.17. The van der Waals surface area contributed by atoms with Gasteiger partial charge in [0.05, 0.1) is 48.3 Å². The van der Waals surface area contributed by atoms with E-state index in [0.717, 1.165) is 64.0 Å². The first-order valence-electron chi connectivity index (χ1n) is 26.4. The second-order valence-corrected chi connectivity index (χ2v) is 18.7. The number of aryl methyl sites for hydroxylation is 1. The molecule has 0 radical (unpaired) electrons. The summed E-state index contributed by atoms with van der Waals surface area (Å²) < 4.78 is 38.5. The van der Waals surface area contributed by atoms with Crippen LogP contribution in [0.2, 0.25) is 0 Å². The Morgan fingerprint density at radius 3 is 1.25 bits per heavy atom. The van der Waals surface area contributed by atoms with Crippen LogP contribution < -0.4 is 33.3 Å². The first-order chi connectivity index (χ1) is 37.5. The molecule has 0 saturated carbocycles. The Kier molecular flexibility index (Phi) is 21.8. The van der Waals surface area contributed by atoms with E-state index in [0.29, 0.717) is 47.2 Å². The molecule has 6 aromatic carbocycles. The monoisotopic (exact) mass is 1050 g/mol. The summed E-state index contributed by atoms with van der Waals surface area (Å²) in [5.41, 5.74) is 3.58. The third kappa shape index (κ3) is 18.8. The van der Waals surface area contributed by atoms with Crippen LogP contribution in [0.4, 0.5) is 5.69 Å². The van der Waals surface area contributed by atoms with Gasteiger partial charge in [-0.2, -0.15) is 0 Å². The van der Waals surface area contributed by atoms with Crippen LogP contribution in [-0.2, 0) is 20.7 Å². The SMILES string of the molecule is CCCCCCCc1ccc(C(=O)Oc2ccc(OC(=O)c3ccc(OCCCCCCOC(=O)CCC(=O)Oc4ccc(C(=O)Oc5ccc(C(=O)Oc6ccc(N7CCN(C)CC7)cc6)cc5)cc4)cc3)cc2)cc1. The highest BCUT2D eigenvalue weighted by molar-refractivity contribution is 5.93. The Labute approximate surface area is 449 Å². The van der Waals surface area contributed by atoms with Crippen LogP contribution in [0.1, 0.15) is 125 Å². The number of unbranched alkanes of at least 4 members (excludes halogenated alkanes) is 7. The van der Waals surface area contributed by atoms with Crippen molar-refractivity contribution in [2.75, 3.05) is 51.3 Å². The van der Waals surface area contributed by atoms with E-state index in [2.05, 4.69) is 23.8 Å². The van der Waals surface area contributed by atoms with Crippen molar-refractivity contribution in [3.63, 3.8) is 0 Å². The van der Waals surface area contributed by atoms with E-state index in [9.17, 15) is 28.8 Å². The molecule has 1 saturated heterocycles. The number of nitrogens with zero attached hydrogens (tertiary/aromatic N) is 2. The van der Waals surface area contributed by atoms with Gasteiger partial charge in [-0.25, -0.2) is 19.2 Å². The van der Waals surface area contributed by atoms with E-state index in [1.54, 1.807) is 72.8 Å². The molecule has 1 aliphatic rings. The molecule has 402 valence electrons. The van der Waals surface area contributed by atoms with Crippen LogP contribution in [0.3, 0.4) is 0 Å². The number of esters is 6. The minimum Gasteiger partial charge on any atom is -0.494 e. The van der Waals surface area contributed by atoms with Gasteiger partial charge in [-0.05, 0) is 185 Å². The average Bonchev–Trinajstić information content (AvgIpc) is 3.45. The zero-order valence-electron chi connectivity index (χ0n) is 43.8. The molecule has 1 heterocycles. The Morgan fingerprint density at radius 1 is 0.390 bits per heavy atom. The fourth-order valence-electron chi connectivity index (χ4n) is 8.17. The van der Waals surface area contributed by atoms with Gasteiger partial charge in [0.15, 0.2) is 0 Å². The molecular weight excluding hydrogens is 981 g/mol. The van der Waals surface area contributed by atoms with Crippen molar-refractivity contribution in [1.29, 1.82) is 0 Å². The second kappa shape index (κ2) is 29.7. The lowest BCUT2D eigenvalue weighted by Crippen LogP contribution is -2.44. The van der Waals surface area contributed by atoms with Gasteiger partial charge in [-0.3, -0.25) is 9.59 Å². The topological polar surface area (TPSA) is 174 Å². The van der Waals surface area contributed by atoms with Gasteiger partial charge < -0.3 is 43.0 Å². The van der Waals surface area contributed by atoms with E-state index >= 15 is 0 Å². The molecule has 0 aromatic heterocycles. The van der Waals surface area contributed by atoms with Crippen molar-refractivity contribution in [3.05, 3.63) is 173 Å². The van der Waals surface area contributed by atoms with Crippen molar-refractivity contribution >= 4 is 41.5 Å². The average molecular weight is 1050 g/mol. The van der Waals surface area contributed by atoms with Crippen LogP contribution in [0.25, 0.3) is 0 Å². The number of carbonyl (C=O) groups excluding carboxylic acids is 6. The Morgan fingerprint density at radius 2 is 0.766 bits per heavy atom. The van der Waals surface area contributed by atoms with Gasteiger partial charge in [-0.1, -0.05) is 44.7 Å². The second-order valence-electron chi connectivity index (χ2n) is 18.7. The van der Waals surface area contributed by atoms with Gasteiger partial charge >= 0.3 is 35.8 Å². The smallest absolute Gasteiger partial charge is 0.343 e. The van der Waals surface area contributed by atoms with Gasteiger partial charge in [0.2, 0.25) is 0 Å². The molecule has 0 N–H and O–H groups in total. The summed E-state index contributed by atoms with van der Waals surface area (Å²) in [6.07, 6.45) is 9.80. The van der Waals surface area contributed by atoms with Gasteiger partial charge in [0.1, 0.15) is 34.5 Å². The molecule has 0 bridgehead atoms. The maximum atomic E-state index is 12.8. The summed E-state index contributed by atoms with van der Waals surface area (Å²) in [5.74, 6) is -1.24. The summed E-state index contributed by atoms with van der Waals surface area (Å²) in [4.78, 5) is 80.3. The number of benzene rings is 6. The van der Waals surface area contributed by atoms with Gasteiger partial charge in [-0.15, -0.1) is 0 Å². The molecule has 1 aliphatic heterocycles. The molecule has 7 rings (SSSR count).